The number of benzene rings is 2. The normalized spacial score (nSPS) is 12.8. The molecule has 1 unspecified atom stereocenters. The minimum absolute atomic E-state index is 0.346. The van der Waals surface area contributed by atoms with E-state index in [1.807, 2.05) is 42.5 Å². The Morgan fingerprint density at radius 2 is 1.89 bits per heavy atom. The van der Waals surface area contributed by atoms with Gasteiger partial charge in [0.25, 0.3) is 0 Å². The first-order chi connectivity index (χ1) is 9.15. The molecule has 0 saturated carbocycles. The predicted molar refractivity (Wildman–Crippen MR) is 78.4 cm³/mol. The first kappa shape index (κ1) is 12.3. The van der Waals surface area contributed by atoms with E-state index in [9.17, 15) is 0 Å². The van der Waals surface area contributed by atoms with Gasteiger partial charge < -0.3 is 10.2 Å². The number of halogens is 1. The lowest BCUT2D eigenvalue weighted by molar-refractivity contribution is 0.525. The van der Waals surface area contributed by atoms with Gasteiger partial charge in [-0.15, -0.1) is 0 Å². The van der Waals surface area contributed by atoms with E-state index < -0.39 is 0 Å². The van der Waals surface area contributed by atoms with E-state index in [1.165, 1.54) is 5.56 Å². The molecular weight excluding hydrogens is 258 g/mol. The number of aryl methyl sites for hydroxylation is 1. The lowest BCUT2D eigenvalue weighted by atomic mass is 10.1. The highest BCUT2D eigenvalue weighted by Crippen LogP contribution is 2.30. The second kappa shape index (κ2) is 4.72. The molecule has 0 fully saturated rings. The Morgan fingerprint density at radius 1 is 1.11 bits per heavy atom. The van der Waals surface area contributed by atoms with Crippen LogP contribution in [-0.4, -0.2) is 0 Å². The van der Waals surface area contributed by atoms with Crippen molar-refractivity contribution in [3.05, 3.63) is 70.4 Å². The van der Waals surface area contributed by atoms with E-state index in [1.54, 1.807) is 0 Å². The first-order valence-corrected chi connectivity index (χ1v) is 6.53. The molecule has 2 aromatic carbocycles. The summed E-state index contributed by atoms with van der Waals surface area (Å²) in [5, 5.41) is 1.73. The maximum Gasteiger partial charge on any atom is 0.134 e. The minimum Gasteiger partial charge on any atom is -0.459 e. The molecule has 3 aromatic rings. The molecule has 96 valence electrons. The number of rotatable bonds is 2. The van der Waals surface area contributed by atoms with Gasteiger partial charge in [0.05, 0.1) is 6.04 Å². The molecule has 19 heavy (non-hydrogen) atoms. The molecule has 0 spiro atoms. The van der Waals surface area contributed by atoms with E-state index in [-0.39, 0.29) is 6.04 Å². The second-order valence-electron chi connectivity index (χ2n) is 4.69. The van der Waals surface area contributed by atoms with Crippen molar-refractivity contribution in [3.63, 3.8) is 0 Å². The third-order valence-corrected chi connectivity index (χ3v) is 3.58. The molecular formula is C16H14ClNO. The summed E-state index contributed by atoms with van der Waals surface area (Å²) in [6, 6.07) is 15.3. The Balaban J connectivity index is 2.07. The molecule has 3 rings (SSSR count). The number of furan rings is 1. The summed E-state index contributed by atoms with van der Waals surface area (Å²) < 4.78 is 5.81. The van der Waals surface area contributed by atoms with Crippen LogP contribution in [0.5, 0.6) is 0 Å². The standard InChI is InChI=1S/C16H14ClNO/c1-10-6-7-14-11(8-10)9-15(19-14)16(18)12-4-2-3-5-13(12)17/h2-9,16H,18H2,1H3. The Labute approximate surface area is 116 Å². The van der Waals surface area contributed by atoms with Crippen LogP contribution in [0.25, 0.3) is 11.0 Å². The molecule has 0 saturated heterocycles. The molecule has 1 aromatic heterocycles. The molecule has 1 heterocycles. The third-order valence-electron chi connectivity index (χ3n) is 3.24. The van der Waals surface area contributed by atoms with E-state index >= 15 is 0 Å². The van der Waals surface area contributed by atoms with Crippen molar-refractivity contribution in [2.75, 3.05) is 0 Å². The monoisotopic (exact) mass is 271 g/mol. The smallest absolute Gasteiger partial charge is 0.134 e. The summed E-state index contributed by atoms with van der Waals surface area (Å²) in [6.07, 6.45) is 0. The zero-order chi connectivity index (χ0) is 13.4. The highest BCUT2D eigenvalue weighted by Gasteiger charge is 2.16. The molecule has 0 amide bonds. The molecule has 0 aliphatic rings. The molecule has 0 bridgehead atoms. The van der Waals surface area contributed by atoms with Gasteiger partial charge in [0.15, 0.2) is 0 Å². The van der Waals surface area contributed by atoms with Gasteiger partial charge in [-0.2, -0.15) is 0 Å². The van der Waals surface area contributed by atoms with Crippen LogP contribution >= 0.6 is 11.6 Å². The first-order valence-electron chi connectivity index (χ1n) is 6.15. The van der Waals surface area contributed by atoms with E-state index in [4.69, 9.17) is 21.8 Å². The predicted octanol–water partition coefficient (Wildman–Crippen LogP) is 4.44. The average molecular weight is 272 g/mol. The average Bonchev–Trinajstić information content (AvgIpc) is 2.81. The van der Waals surface area contributed by atoms with Crippen LogP contribution in [0.2, 0.25) is 5.02 Å². The van der Waals surface area contributed by atoms with Crippen LogP contribution in [0.1, 0.15) is 22.9 Å². The second-order valence-corrected chi connectivity index (χ2v) is 5.10. The summed E-state index contributed by atoms with van der Waals surface area (Å²) in [7, 11) is 0. The number of hydrogen-bond donors (Lipinski definition) is 1. The molecule has 0 radical (unpaired) electrons. The van der Waals surface area contributed by atoms with Crippen molar-refractivity contribution in [3.8, 4) is 0 Å². The van der Waals surface area contributed by atoms with Crippen LogP contribution in [0.4, 0.5) is 0 Å². The summed E-state index contributed by atoms with van der Waals surface area (Å²) in [6.45, 7) is 2.06. The summed E-state index contributed by atoms with van der Waals surface area (Å²) in [4.78, 5) is 0. The van der Waals surface area contributed by atoms with E-state index in [0.29, 0.717) is 5.02 Å². The highest BCUT2D eigenvalue weighted by atomic mass is 35.5. The van der Waals surface area contributed by atoms with Gasteiger partial charge in [-0.25, -0.2) is 0 Å². The van der Waals surface area contributed by atoms with Crippen LogP contribution in [-0.2, 0) is 0 Å². The largest absolute Gasteiger partial charge is 0.459 e. The fourth-order valence-corrected chi connectivity index (χ4v) is 2.47. The minimum atomic E-state index is -0.346. The lowest BCUT2D eigenvalue weighted by Gasteiger charge is -2.10. The Bertz CT molecular complexity index is 732. The van der Waals surface area contributed by atoms with Gasteiger partial charge >= 0.3 is 0 Å². The van der Waals surface area contributed by atoms with Crippen molar-refractivity contribution in [2.45, 2.75) is 13.0 Å². The zero-order valence-corrected chi connectivity index (χ0v) is 11.3. The molecule has 0 aliphatic heterocycles. The summed E-state index contributed by atoms with van der Waals surface area (Å²) >= 11 is 6.17. The highest BCUT2D eigenvalue weighted by molar-refractivity contribution is 6.31. The van der Waals surface area contributed by atoms with Gasteiger partial charge in [-0.05, 0) is 36.8 Å². The zero-order valence-electron chi connectivity index (χ0n) is 10.6. The van der Waals surface area contributed by atoms with Gasteiger partial charge in [0.2, 0.25) is 0 Å². The fourth-order valence-electron chi connectivity index (χ4n) is 2.22. The molecule has 0 aliphatic carbocycles. The number of hydrogen-bond acceptors (Lipinski definition) is 2. The van der Waals surface area contributed by atoms with E-state index in [2.05, 4.69) is 13.0 Å². The topological polar surface area (TPSA) is 39.2 Å². The van der Waals surface area contributed by atoms with Crippen LogP contribution in [0.3, 0.4) is 0 Å². The molecule has 1 atom stereocenters. The number of nitrogens with two attached hydrogens (primary N) is 1. The Hall–Kier alpha value is -1.77. The van der Waals surface area contributed by atoms with Crippen molar-refractivity contribution in [1.29, 1.82) is 0 Å². The SMILES string of the molecule is Cc1ccc2oc(C(N)c3ccccc3Cl)cc2c1. The van der Waals surface area contributed by atoms with Gasteiger partial charge in [-0.3, -0.25) is 0 Å². The molecule has 2 N–H and O–H groups in total. The maximum absolute atomic E-state index is 6.24. The van der Waals surface area contributed by atoms with E-state index in [0.717, 1.165) is 22.3 Å². The van der Waals surface area contributed by atoms with Crippen molar-refractivity contribution >= 4 is 22.6 Å². The Morgan fingerprint density at radius 3 is 2.68 bits per heavy atom. The Kier molecular flexibility index (Phi) is 3.05. The van der Waals surface area contributed by atoms with Gasteiger partial charge in [0.1, 0.15) is 11.3 Å². The summed E-state index contributed by atoms with van der Waals surface area (Å²) in [5.41, 5.74) is 9.17. The lowest BCUT2D eigenvalue weighted by Crippen LogP contribution is -2.11. The van der Waals surface area contributed by atoms with Crippen LogP contribution in [0.15, 0.2) is 52.9 Å². The quantitative estimate of drug-likeness (QED) is 0.748. The van der Waals surface area contributed by atoms with Crippen LogP contribution < -0.4 is 5.73 Å². The van der Waals surface area contributed by atoms with Crippen molar-refractivity contribution in [1.82, 2.24) is 0 Å². The van der Waals surface area contributed by atoms with Crippen LogP contribution in [0, 0.1) is 6.92 Å². The summed E-state index contributed by atoms with van der Waals surface area (Å²) in [5.74, 6) is 0.730. The van der Waals surface area contributed by atoms with Crippen molar-refractivity contribution in [2.24, 2.45) is 5.73 Å². The van der Waals surface area contributed by atoms with Gasteiger partial charge in [-0.1, -0.05) is 41.4 Å². The fraction of sp³-hybridized carbons (Fsp3) is 0.125. The third kappa shape index (κ3) is 2.25. The van der Waals surface area contributed by atoms with Gasteiger partial charge in [0, 0.05) is 10.4 Å². The van der Waals surface area contributed by atoms with Crippen molar-refractivity contribution < 1.29 is 4.42 Å². The maximum atomic E-state index is 6.24. The molecule has 2 nitrogen and oxygen atoms in total. The number of fused-ring (bicyclic) bond motifs is 1. The molecule has 3 heteroatoms.